The summed E-state index contributed by atoms with van der Waals surface area (Å²) in [7, 11) is 0. The van der Waals surface area contributed by atoms with Gasteiger partial charge in [-0.1, -0.05) is 0 Å². The Morgan fingerprint density at radius 1 is 1.19 bits per heavy atom. The molecular formula is C16H15ClFN3. The summed E-state index contributed by atoms with van der Waals surface area (Å²) in [4.78, 5) is 9.04. The molecule has 0 aliphatic carbocycles. The van der Waals surface area contributed by atoms with Crippen molar-refractivity contribution in [1.82, 2.24) is 14.5 Å². The standard InChI is InChI=1S/C16H15ClFN3/c1-9-6-7-19-16-14(9)20-15(11(3)17)21(16)12-4-5-13(18)10(2)8-12/h4-8,11H,1-3H3. The highest BCUT2D eigenvalue weighted by Gasteiger charge is 2.18. The van der Waals surface area contributed by atoms with Crippen LogP contribution in [0.3, 0.4) is 0 Å². The van der Waals surface area contributed by atoms with Gasteiger partial charge in [-0.05, 0) is 56.2 Å². The molecule has 0 saturated carbocycles. The maximum absolute atomic E-state index is 13.5. The molecular weight excluding hydrogens is 289 g/mol. The van der Waals surface area contributed by atoms with Gasteiger partial charge in [0.15, 0.2) is 5.65 Å². The fourth-order valence-electron chi connectivity index (χ4n) is 2.40. The maximum atomic E-state index is 13.5. The third-order valence-corrected chi connectivity index (χ3v) is 3.72. The van der Waals surface area contributed by atoms with Crippen LogP contribution in [-0.2, 0) is 0 Å². The molecule has 0 fully saturated rings. The van der Waals surface area contributed by atoms with E-state index in [9.17, 15) is 4.39 Å². The fourth-order valence-corrected chi connectivity index (χ4v) is 2.55. The average molecular weight is 304 g/mol. The van der Waals surface area contributed by atoms with Gasteiger partial charge >= 0.3 is 0 Å². The first kappa shape index (κ1) is 14.0. The van der Waals surface area contributed by atoms with Crippen LogP contribution in [-0.4, -0.2) is 14.5 Å². The van der Waals surface area contributed by atoms with Gasteiger partial charge in [-0.3, -0.25) is 4.57 Å². The second kappa shape index (κ2) is 5.11. The van der Waals surface area contributed by atoms with Crippen molar-refractivity contribution in [3.63, 3.8) is 0 Å². The number of benzene rings is 1. The van der Waals surface area contributed by atoms with Gasteiger partial charge in [-0.2, -0.15) is 0 Å². The average Bonchev–Trinajstić information content (AvgIpc) is 2.83. The van der Waals surface area contributed by atoms with E-state index in [0.29, 0.717) is 11.4 Å². The second-order valence-electron chi connectivity index (χ2n) is 5.15. The van der Waals surface area contributed by atoms with Gasteiger partial charge in [0.1, 0.15) is 17.2 Å². The number of hydrogen-bond donors (Lipinski definition) is 0. The Kier molecular flexibility index (Phi) is 3.41. The van der Waals surface area contributed by atoms with Crippen LogP contribution in [0, 0.1) is 19.7 Å². The van der Waals surface area contributed by atoms with Crippen molar-refractivity contribution in [2.75, 3.05) is 0 Å². The van der Waals surface area contributed by atoms with E-state index in [0.717, 1.165) is 22.4 Å². The van der Waals surface area contributed by atoms with Gasteiger partial charge in [0.2, 0.25) is 0 Å². The highest BCUT2D eigenvalue weighted by molar-refractivity contribution is 6.20. The van der Waals surface area contributed by atoms with Crippen LogP contribution in [0.2, 0.25) is 0 Å². The molecule has 3 nitrogen and oxygen atoms in total. The minimum absolute atomic E-state index is 0.229. The summed E-state index contributed by atoms with van der Waals surface area (Å²) in [5.41, 5.74) is 3.99. The number of nitrogens with zero attached hydrogens (tertiary/aromatic N) is 3. The molecule has 0 aliphatic heterocycles. The molecule has 5 heteroatoms. The third kappa shape index (κ3) is 2.29. The third-order valence-electron chi connectivity index (χ3n) is 3.53. The molecule has 0 amide bonds. The maximum Gasteiger partial charge on any atom is 0.164 e. The smallest absolute Gasteiger partial charge is 0.164 e. The first-order chi connectivity index (χ1) is 9.99. The van der Waals surface area contributed by atoms with Crippen LogP contribution in [0.15, 0.2) is 30.5 Å². The quantitative estimate of drug-likeness (QED) is 0.654. The number of aryl methyl sites for hydroxylation is 2. The summed E-state index contributed by atoms with van der Waals surface area (Å²) in [6.45, 7) is 5.59. The molecule has 1 unspecified atom stereocenters. The number of aromatic nitrogens is 3. The van der Waals surface area contributed by atoms with Gasteiger partial charge < -0.3 is 0 Å². The Bertz CT molecular complexity index is 824. The number of imidazole rings is 1. The molecule has 2 heterocycles. The fraction of sp³-hybridized carbons (Fsp3) is 0.250. The van der Waals surface area contributed by atoms with E-state index < -0.39 is 0 Å². The molecule has 0 N–H and O–H groups in total. The van der Waals surface area contributed by atoms with Crippen molar-refractivity contribution in [2.24, 2.45) is 0 Å². The highest BCUT2D eigenvalue weighted by atomic mass is 35.5. The lowest BCUT2D eigenvalue weighted by molar-refractivity contribution is 0.618. The van der Waals surface area contributed by atoms with E-state index in [1.807, 2.05) is 24.5 Å². The SMILES string of the molecule is Cc1cc(-n2c(C(C)Cl)nc3c(C)ccnc32)ccc1F. The van der Waals surface area contributed by atoms with Crippen LogP contribution in [0.25, 0.3) is 16.9 Å². The number of halogens is 2. The van der Waals surface area contributed by atoms with Crippen LogP contribution < -0.4 is 0 Å². The first-order valence-electron chi connectivity index (χ1n) is 6.73. The van der Waals surface area contributed by atoms with E-state index in [4.69, 9.17) is 11.6 Å². The molecule has 3 aromatic rings. The Morgan fingerprint density at radius 2 is 1.95 bits per heavy atom. The van der Waals surface area contributed by atoms with Crippen LogP contribution in [0.4, 0.5) is 4.39 Å². The van der Waals surface area contributed by atoms with Gasteiger partial charge in [-0.15, -0.1) is 11.6 Å². The first-order valence-corrected chi connectivity index (χ1v) is 7.17. The van der Waals surface area contributed by atoms with Crippen molar-refractivity contribution < 1.29 is 4.39 Å². The van der Waals surface area contributed by atoms with E-state index in [1.165, 1.54) is 6.07 Å². The zero-order chi connectivity index (χ0) is 15.1. The van der Waals surface area contributed by atoms with Crippen molar-refractivity contribution in [2.45, 2.75) is 26.1 Å². The minimum atomic E-state index is -0.274. The summed E-state index contributed by atoms with van der Waals surface area (Å²) < 4.78 is 15.4. The predicted octanol–water partition coefficient (Wildman–Crippen LogP) is 4.48. The van der Waals surface area contributed by atoms with Crippen LogP contribution in [0.5, 0.6) is 0 Å². The largest absolute Gasteiger partial charge is 0.279 e. The number of fused-ring (bicyclic) bond motifs is 1. The minimum Gasteiger partial charge on any atom is -0.279 e. The molecule has 108 valence electrons. The summed E-state index contributed by atoms with van der Waals surface area (Å²) in [6, 6.07) is 6.87. The van der Waals surface area contributed by atoms with Gasteiger partial charge in [-0.25, -0.2) is 14.4 Å². The van der Waals surface area contributed by atoms with E-state index in [2.05, 4.69) is 9.97 Å². The Balaban J connectivity index is 2.36. The molecule has 0 saturated heterocycles. The lowest BCUT2D eigenvalue weighted by atomic mass is 10.2. The predicted molar refractivity (Wildman–Crippen MR) is 82.6 cm³/mol. The molecule has 0 aliphatic rings. The summed E-state index contributed by atoms with van der Waals surface area (Å²) in [5, 5.41) is -0.274. The van der Waals surface area contributed by atoms with Crippen molar-refractivity contribution >= 4 is 22.8 Å². The molecule has 2 aromatic heterocycles. The number of rotatable bonds is 2. The molecule has 0 bridgehead atoms. The highest BCUT2D eigenvalue weighted by Crippen LogP contribution is 2.29. The second-order valence-corrected chi connectivity index (χ2v) is 5.81. The van der Waals surface area contributed by atoms with Gasteiger partial charge in [0.05, 0.1) is 5.38 Å². The van der Waals surface area contributed by atoms with Gasteiger partial charge in [0.25, 0.3) is 0 Å². The topological polar surface area (TPSA) is 30.7 Å². The summed E-state index contributed by atoms with van der Waals surface area (Å²) in [5.74, 6) is 0.479. The number of pyridine rings is 1. The van der Waals surface area contributed by atoms with E-state index in [1.54, 1.807) is 25.3 Å². The molecule has 0 spiro atoms. The monoisotopic (exact) mass is 303 g/mol. The van der Waals surface area contributed by atoms with E-state index >= 15 is 0 Å². The normalized spacial score (nSPS) is 12.8. The number of alkyl halides is 1. The summed E-state index contributed by atoms with van der Waals surface area (Å²) in [6.07, 6.45) is 1.74. The van der Waals surface area contributed by atoms with Crippen molar-refractivity contribution in [3.8, 4) is 5.69 Å². The summed E-state index contributed by atoms with van der Waals surface area (Å²) >= 11 is 6.27. The van der Waals surface area contributed by atoms with Crippen LogP contribution in [0.1, 0.15) is 29.3 Å². The van der Waals surface area contributed by atoms with Crippen LogP contribution >= 0.6 is 11.6 Å². The molecule has 3 rings (SSSR count). The lowest BCUT2D eigenvalue weighted by Crippen LogP contribution is -2.03. The Hall–Kier alpha value is -1.94. The Labute approximate surface area is 127 Å². The zero-order valence-electron chi connectivity index (χ0n) is 12.1. The zero-order valence-corrected chi connectivity index (χ0v) is 12.8. The lowest BCUT2D eigenvalue weighted by Gasteiger charge is -2.11. The van der Waals surface area contributed by atoms with Crippen molar-refractivity contribution in [3.05, 3.63) is 53.2 Å². The molecule has 1 aromatic carbocycles. The molecule has 0 radical (unpaired) electrons. The van der Waals surface area contributed by atoms with Gasteiger partial charge in [0, 0.05) is 11.9 Å². The van der Waals surface area contributed by atoms with E-state index in [-0.39, 0.29) is 11.2 Å². The Morgan fingerprint density at radius 3 is 2.62 bits per heavy atom. The van der Waals surface area contributed by atoms with Crippen molar-refractivity contribution in [1.29, 1.82) is 0 Å². The molecule has 21 heavy (non-hydrogen) atoms. The number of hydrogen-bond acceptors (Lipinski definition) is 2. The molecule has 1 atom stereocenters.